The van der Waals surface area contributed by atoms with Gasteiger partial charge in [0.25, 0.3) is 11.5 Å². The molecule has 0 bridgehead atoms. The maximum Gasteiger partial charge on any atom is 0.262 e. The number of piperidine rings is 1. The molecular weight excluding hydrogens is 358 g/mol. The minimum atomic E-state index is -0.217. The fourth-order valence-corrected chi connectivity index (χ4v) is 2.81. The summed E-state index contributed by atoms with van der Waals surface area (Å²) in [5.41, 5.74) is 0.313. The minimum Gasteiger partial charge on any atom is -0.339 e. The Labute approximate surface area is 139 Å². The van der Waals surface area contributed by atoms with Gasteiger partial charge in [-0.05, 0) is 53.8 Å². The van der Waals surface area contributed by atoms with Gasteiger partial charge in [0.05, 0.1) is 10.0 Å². The Morgan fingerprint density at radius 3 is 2.71 bits per heavy atom. The highest BCUT2D eigenvalue weighted by atomic mass is 79.9. The fourth-order valence-electron chi connectivity index (χ4n) is 2.45. The van der Waals surface area contributed by atoms with E-state index in [1.807, 2.05) is 4.90 Å². The molecule has 1 saturated heterocycles. The monoisotopic (exact) mass is 377 g/mol. The molecule has 5 nitrogen and oxygen atoms in total. The van der Waals surface area contributed by atoms with Gasteiger partial charge < -0.3 is 15.2 Å². The van der Waals surface area contributed by atoms with Crippen molar-refractivity contribution < 1.29 is 4.79 Å². The van der Waals surface area contributed by atoms with Crippen LogP contribution in [0.2, 0.25) is 0 Å². The van der Waals surface area contributed by atoms with Gasteiger partial charge in [0.2, 0.25) is 0 Å². The van der Waals surface area contributed by atoms with Crippen molar-refractivity contribution in [2.75, 3.05) is 26.2 Å². The van der Waals surface area contributed by atoms with Crippen molar-refractivity contribution in [3.8, 4) is 0 Å². The lowest BCUT2D eigenvalue weighted by molar-refractivity contribution is 0.0689. The second-order valence-corrected chi connectivity index (χ2v) is 5.96. The van der Waals surface area contributed by atoms with Crippen LogP contribution in [-0.2, 0) is 0 Å². The largest absolute Gasteiger partial charge is 0.339 e. The smallest absolute Gasteiger partial charge is 0.262 e. The Balaban J connectivity index is 0.00000220. The zero-order chi connectivity index (χ0) is 14.5. The van der Waals surface area contributed by atoms with Crippen molar-refractivity contribution in [3.05, 3.63) is 32.7 Å². The van der Waals surface area contributed by atoms with Gasteiger partial charge >= 0.3 is 0 Å². The number of carbonyl (C=O) groups is 1. The van der Waals surface area contributed by atoms with Crippen LogP contribution in [-0.4, -0.2) is 42.0 Å². The van der Waals surface area contributed by atoms with Crippen LogP contribution >= 0.6 is 28.3 Å². The summed E-state index contributed by atoms with van der Waals surface area (Å²) < 4.78 is 0.394. The van der Waals surface area contributed by atoms with Crippen molar-refractivity contribution in [2.45, 2.75) is 19.8 Å². The molecule has 2 rings (SSSR count). The van der Waals surface area contributed by atoms with Gasteiger partial charge in [0.1, 0.15) is 0 Å². The Morgan fingerprint density at radius 2 is 2.14 bits per heavy atom. The zero-order valence-corrected chi connectivity index (χ0v) is 14.4. The molecule has 0 atom stereocenters. The Kier molecular flexibility index (Phi) is 7.42. The van der Waals surface area contributed by atoms with E-state index in [0.717, 1.165) is 39.0 Å². The number of nitrogens with zero attached hydrogens (tertiary/aromatic N) is 1. The number of likely N-dealkylation sites (tertiary alicyclic amines) is 1. The van der Waals surface area contributed by atoms with E-state index in [9.17, 15) is 9.59 Å². The lowest BCUT2D eigenvalue weighted by atomic mass is 9.96. The maximum atomic E-state index is 12.4. The number of aromatic nitrogens is 1. The van der Waals surface area contributed by atoms with E-state index in [-0.39, 0.29) is 23.9 Å². The molecule has 1 aliphatic heterocycles. The summed E-state index contributed by atoms with van der Waals surface area (Å²) in [6, 6.07) is 1.59. The van der Waals surface area contributed by atoms with Crippen LogP contribution in [0.1, 0.15) is 30.1 Å². The van der Waals surface area contributed by atoms with Crippen LogP contribution < -0.4 is 10.9 Å². The Morgan fingerprint density at radius 1 is 1.48 bits per heavy atom. The Hall–Kier alpha value is -0.850. The number of aromatic amines is 1. The number of amides is 1. The molecule has 0 aromatic carbocycles. The lowest BCUT2D eigenvalue weighted by Crippen LogP contribution is -2.41. The molecule has 21 heavy (non-hydrogen) atoms. The number of pyridine rings is 1. The van der Waals surface area contributed by atoms with Crippen molar-refractivity contribution in [3.63, 3.8) is 0 Å². The molecule has 0 spiro atoms. The van der Waals surface area contributed by atoms with E-state index in [1.54, 1.807) is 6.07 Å². The second kappa shape index (κ2) is 8.56. The maximum absolute atomic E-state index is 12.4. The van der Waals surface area contributed by atoms with Gasteiger partial charge in [-0.1, -0.05) is 6.92 Å². The standard InChI is InChI=1S/C14H20BrN3O2.ClH/c1-2-16-8-10-3-5-18(6-4-10)14(20)11-7-12(15)13(19)17-9-11;/h7,9-10,16H,2-6,8H2,1H3,(H,17,19);1H. The summed E-state index contributed by atoms with van der Waals surface area (Å²) in [4.78, 5) is 28.1. The molecule has 7 heteroatoms. The van der Waals surface area contributed by atoms with Crippen molar-refractivity contribution >= 4 is 34.2 Å². The van der Waals surface area contributed by atoms with Gasteiger partial charge in [-0.25, -0.2) is 0 Å². The topological polar surface area (TPSA) is 65.2 Å². The van der Waals surface area contributed by atoms with Crippen LogP contribution in [0.15, 0.2) is 21.5 Å². The quantitative estimate of drug-likeness (QED) is 0.842. The summed E-state index contributed by atoms with van der Waals surface area (Å²) in [6.45, 7) is 5.69. The van der Waals surface area contributed by atoms with Crippen molar-refractivity contribution in [2.24, 2.45) is 5.92 Å². The summed E-state index contributed by atoms with van der Waals surface area (Å²) in [7, 11) is 0. The van der Waals surface area contributed by atoms with Crippen molar-refractivity contribution in [1.29, 1.82) is 0 Å². The molecule has 1 aromatic heterocycles. The summed E-state index contributed by atoms with van der Waals surface area (Å²) >= 11 is 3.15. The number of rotatable bonds is 4. The molecule has 0 unspecified atom stereocenters. The first-order chi connectivity index (χ1) is 9.61. The molecule has 1 amide bonds. The number of hydrogen-bond acceptors (Lipinski definition) is 3. The molecule has 1 aliphatic rings. The number of halogens is 2. The van der Waals surface area contributed by atoms with E-state index in [0.29, 0.717) is 16.0 Å². The molecule has 1 aromatic rings. The highest BCUT2D eigenvalue weighted by Gasteiger charge is 2.23. The zero-order valence-electron chi connectivity index (χ0n) is 12.0. The Bertz CT molecular complexity index is 527. The predicted octanol–water partition coefficient (Wildman–Crippen LogP) is 2.02. The molecule has 118 valence electrons. The van der Waals surface area contributed by atoms with Gasteiger partial charge in [-0.2, -0.15) is 0 Å². The summed E-state index contributed by atoms with van der Waals surface area (Å²) in [5, 5.41) is 3.36. The van der Waals surface area contributed by atoms with Crippen LogP contribution in [0.3, 0.4) is 0 Å². The van der Waals surface area contributed by atoms with Crippen LogP contribution in [0.5, 0.6) is 0 Å². The molecule has 0 aliphatic carbocycles. The molecule has 2 heterocycles. The van der Waals surface area contributed by atoms with Gasteiger partial charge in [0.15, 0.2) is 0 Å². The third-order valence-electron chi connectivity index (χ3n) is 3.69. The van der Waals surface area contributed by atoms with Crippen molar-refractivity contribution in [1.82, 2.24) is 15.2 Å². The summed E-state index contributed by atoms with van der Waals surface area (Å²) in [6.07, 6.45) is 3.55. The predicted molar refractivity (Wildman–Crippen MR) is 89.2 cm³/mol. The number of carbonyl (C=O) groups excluding carboxylic acids is 1. The van der Waals surface area contributed by atoms with E-state index < -0.39 is 0 Å². The molecule has 0 radical (unpaired) electrons. The average Bonchev–Trinajstić information content (AvgIpc) is 2.48. The second-order valence-electron chi connectivity index (χ2n) is 5.11. The van der Waals surface area contributed by atoms with Crippen LogP contribution in [0.4, 0.5) is 0 Å². The first-order valence-corrected chi connectivity index (χ1v) is 7.79. The minimum absolute atomic E-state index is 0. The summed E-state index contributed by atoms with van der Waals surface area (Å²) in [5.74, 6) is 0.644. The van der Waals surface area contributed by atoms with E-state index in [2.05, 4.69) is 33.2 Å². The van der Waals surface area contributed by atoms with Crippen LogP contribution in [0, 0.1) is 5.92 Å². The lowest BCUT2D eigenvalue weighted by Gasteiger charge is -2.32. The first-order valence-electron chi connectivity index (χ1n) is 7.00. The molecular formula is C14H21BrClN3O2. The first kappa shape index (κ1) is 18.2. The average molecular weight is 379 g/mol. The fraction of sp³-hybridized carbons (Fsp3) is 0.571. The third kappa shape index (κ3) is 4.83. The number of hydrogen-bond donors (Lipinski definition) is 2. The van der Waals surface area contributed by atoms with E-state index in [4.69, 9.17) is 0 Å². The molecule has 0 saturated carbocycles. The number of nitrogens with one attached hydrogen (secondary N) is 2. The highest BCUT2D eigenvalue weighted by molar-refractivity contribution is 9.10. The van der Waals surface area contributed by atoms with E-state index in [1.165, 1.54) is 6.20 Å². The SMILES string of the molecule is CCNCC1CCN(C(=O)c2c[nH]c(=O)c(Br)c2)CC1.Cl. The molecule has 1 fully saturated rings. The highest BCUT2D eigenvalue weighted by Crippen LogP contribution is 2.18. The third-order valence-corrected chi connectivity index (χ3v) is 4.28. The normalized spacial score (nSPS) is 15.6. The van der Waals surface area contributed by atoms with Gasteiger partial charge in [-0.15, -0.1) is 12.4 Å². The number of H-pyrrole nitrogens is 1. The molecule has 2 N–H and O–H groups in total. The van der Waals surface area contributed by atoms with Crippen LogP contribution in [0.25, 0.3) is 0 Å². The van der Waals surface area contributed by atoms with E-state index >= 15 is 0 Å². The van der Waals surface area contributed by atoms with Gasteiger partial charge in [0, 0.05) is 19.3 Å². The van der Waals surface area contributed by atoms with Gasteiger partial charge in [-0.3, -0.25) is 9.59 Å².